The third-order valence-corrected chi connectivity index (χ3v) is 3.32. The van der Waals surface area contributed by atoms with E-state index in [0.29, 0.717) is 0 Å². The van der Waals surface area contributed by atoms with Crippen molar-refractivity contribution in [3.8, 4) is 0 Å². The maximum absolute atomic E-state index is 3.62. The van der Waals surface area contributed by atoms with Crippen LogP contribution in [0.3, 0.4) is 0 Å². The highest BCUT2D eigenvalue weighted by Crippen LogP contribution is 2.14. The first kappa shape index (κ1) is 15.2. The fourth-order valence-electron chi connectivity index (χ4n) is 2.34. The molecule has 1 atom stereocenters. The van der Waals surface area contributed by atoms with Crippen LogP contribution >= 0.6 is 12.4 Å². The molecule has 1 fully saturated rings. The van der Waals surface area contributed by atoms with Gasteiger partial charge in [0.05, 0.1) is 0 Å². The highest BCUT2D eigenvalue weighted by atomic mass is 35.5. The lowest BCUT2D eigenvalue weighted by molar-refractivity contribution is 0.370. The summed E-state index contributed by atoms with van der Waals surface area (Å²) in [6.07, 6.45) is 14.3. The Kier molecular flexibility index (Phi) is 10.9. The van der Waals surface area contributed by atoms with Crippen LogP contribution in [0, 0.1) is 0 Å². The smallest absolute Gasteiger partial charge is 0.00670 e. The molecule has 1 aliphatic rings. The predicted molar refractivity (Wildman–Crippen MR) is 70.9 cm³/mol. The molecular weight excluding hydrogens is 206 g/mol. The molecule has 0 spiro atoms. The average Bonchev–Trinajstić information content (AvgIpc) is 2.25. The molecule has 1 saturated heterocycles. The van der Waals surface area contributed by atoms with Crippen LogP contribution in [-0.4, -0.2) is 12.6 Å². The van der Waals surface area contributed by atoms with Gasteiger partial charge in [-0.05, 0) is 25.8 Å². The maximum Gasteiger partial charge on any atom is 0.00670 e. The summed E-state index contributed by atoms with van der Waals surface area (Å²) in [6.45, 7) is 3.55. The van der Waals surface area contributed by atoms with Crippen LogP contribution in [-0.2, 0) is 0 Å². The average molecular weight is 234 g/mol. The van der Waals surface area contributed by atoms with Crippen molar-refractivity contribution in [2.24, 2.45) is 0 Å². The Bertz CT molecular complexity index is 122. The van der Waals surface area contributed by atoms with Crippen molar-refractivity contribution in [2.45, 2.75) is 77.2 Å². The lowest BCUT2D eigenvalue weighted by atomic mass is 9.98. The van der Waals surface area contributed by atoms with E-state index in [9.17, 15) is 0 Å². The van der Waals surface area contributed by atoms with Gasteiger partial charge in [-0.2, -0.15) is 0 Å². The molecule has 1 heterocycles. The molecule has 92 valence electrons. The monoisotopic (exact) mass is 233 g/mol. The molecule has 0 aliphatic carbocycles. The molecule has 1 nitrogen and oxygen atoms in total. The third-order valence-electron chi connectivity index (χ3n) is 3.32. The molecule has 1 rings (SSSR count). The molecule has 0 radical (unpaired) electrons. The van der Waals surface area contributed by atoms with Gasteiger partial charge in [-0.25, -0.2) is 0 Å². The van der Waals surface area contributed by atoms with E-state index in [2.05, 4.69) is 12.2 Å². The molecule has 0 aromatic carbocycles. The summed E-state index contributed by atoms with van der Waals surface area (Å²) < 4.78 is 0. The zero-order valence-corrected chi connectivity index (χ0v) is 11.1. The minimum atomic E-state index is 0. The van der Waals surface area contributed by atoms with Crippen molar-refractivity contribution in [2.75, 3.05) is 6.54 Å². The largest absolute Gasteiger partial charge is 0.314 e. The fraction of sp³-hybridized carbons (Fsp3) is 1.00. The third kappa shape index (κ3) is 8.10. The van der Waals surface area contributed by atoms with Crippen LogP contribution in [0.2, 0.25) is 0 Å². The first-order valence-electron chi connectivity index (χ1n) is 6.67. The summed E-state index contributed by atoms with van der Waals surface area (Å²) in [7, 11) is 0. The van der Waals surface area contributed by atoms with E-state index in [1.165, 1.54) is 70.8 Å². The topological polar surface area (TPSA) is 12.0 Å². The van der Waals surface area contributed by atoms with E-state index in [0.717, 1.165) is 6.04 Å². The molecular formula is C13H28ClN. The zero-order chi connectivity index (χ0) is 10.1. The van der Waals surface area contributed by atoms with Gasteiger partial charge in [-0.15, -0.1) is 12.4 Å². The van der Waals surface area contributed by atoms with Crippen LogP contribution in [0.25, 0.3) is 0 Å². The second kappa shape index (κ2) is 10.8. The Morgan fingerprint density at radius 2 is 1.73 bits per heavy atom. The van der Waals surface area contributed by atoms with E-state index in [-0.39, 0.29) is 12.4 Å². The molecule has 0 aromatic rings. The van der Waals surface area contributed by atoms with Gasteiger partial charge >= 0.3 is 0 Å². The SMILES string of the molecule is CCCCCCCCC1CCCCN1.Cl. The molecule has 0 bridgehead atoms. The van der Waals surface area contributed by atoms with Gasteiger partial charge in [-0.3, -0.25) is 0 Å². The molecule has 2 heteroatoms. The van der Waals surface area contributed by atoms with Crippen LogP contribution < -0.4 is 5.32 Å². The normalized spacial score (nSPS) is 21.0. The van der Waals surface area contributed by atoms with Crippen LogP contribution in [0.4, 0.5) is 0 Å². The molecule has 1 N–H and O–H groups in total. The summed E-state index contributed by atoms with van der Waals surface area (Å²) in [5.41, 5.74) is 0. The standard InChI is InChI=1S/C13H27N.ClH/c1-2-3-4-5-6-7-10-13-11-8-9-12-14-13;/h13-14H,2-12H2,1H3;1H. The zero-order valence-electron chi connectivity index (χ0n) is 10.3. The lowest BCUT2D eigenvalue weighted by Crippen LogP contribution is -2.33. The first-order valence-corrected chi connectivity index (χ1v) is 6.67. The van der Waals surface area contributed by atoms with Crippen molar-refractivity contribution in [3.63, 3.8) is 0 Å². The summed E-state index contributed by atoms with van der Waals surface area (Å²) >= 11 is 0. The number of hydrogen-bond acceptors (Lipinski definition) is 1. The summed E-state index contributed by atoms with van der Waals surface area (Å²) in [4.78, 5) is 0. The van der Waals surface area contributed by atoms with Crippen LogP contribution in [0.15, 0.2) is 0 Å². The Labute approximate surface area is 102 Å². The quantitative estimate of drug-likeness (QED) is 0.647. The molecule has 0 saturated carbocycles. The highest BCUT2D eigenvalue weighted by Gasteiger charge is 2.10. The predicted octanol–water partition coefficient (Wildman–Crippen LogP) is 4.30. The van der Waals surface area contributed by atoms with Gasteiger partial charge in [0, 0.05) is 6.04 Å². The van der Waals surface area contributed by atoms with Gasteiger partial charge in [0.15, 0.2) is 0 Å². The number of piperidine rings is 1. The number of nitrogens with one attached hydrogen (secondary N) is 1. The molecule has 1 unspecified atom stereocenters. The number of halogens is 1. The van der Waals surface area contributed by atoms with E-state index in [1.54, 1.807) is 0 Å². The Morgan fingerprint density at radius 3 is 2.40 bits per heavy atom. The van der Waals surface area contributed by atoms with E-state index >= 15 is 0 Å². The van der Waals surface area contributed by atoms with Gasteiger partial charge < -0.3 is 5.32 Å². The maximum atomic E-state index is 3.62. The Morgan fingerprint density at radius 1 is 1.00 bits per heavy atom. The van der Waals surface area contributed by atoms with Crippen LogP contribution in [0.5, 0.6) is 0 Å². The lowest BCUT2D eigenvalue weighted by Gasteiger charge is -2.23. The second-order valence-corrected chi connectivity index (χ2v) is 4.70. The summed E-state index contributed by atoms with van der Waals surface area (Å²) in [5, 5.41) is 3.62. The summed E-state index contributed by atoms with van der Waals surface area (Å²) in [5.74, 6) is 0. The Hall–Kier alpha value is 0.250. The molecule has 1 aliphatic heterocycles. The van der Waals surface area contributed by atoms with E-state index in [1.807, 2.05) is 0 Å². The van der Waals surface area contributed by atoms with E-state index < -0.39 is 0 Å². The van der Waals surface area contributed by atoms with Crippen molar-refractivity contribution in [3.05, 3.63) is 0 Å². The summed E-state index contributed by atoms with van der Waals surface area (Å²) in [6, 6.07) is 0.856. The molecule has 15 heavy (non-hydrogen) atoms. The van der Waals surface area contributed by atoms with Gasteiger partial charge in [0.1, 0.15) is 0 Å². The van der Waals surface area contributed by atoms with Gasteiger partial charge in [-0.1, -0.05) is 51.9 Å². The molecule has 0 amide bonds. The highest BCUT2D eigenvalue weighted by molar-refractivity contribution is 5.85. The fourth-order valence-corrected chi connectivity index (χ4v) is 2.34. The number of hydrogen-bond donors (Lipinski definition) is 1. The van der Waals surface area contributed by atoms with Crippen LogP contribution in [0.1, 0.15) is 71.1 Å². The minimum Gasteiger partial charge on any atom is -0.314 e. The number of unbranched alkanes of at least 4 members (excludes halogenated alkanes) is 5. The second-order valence-electron chi connectivity index (χ2n) is 4.70. The van der Waals surface area contributed by atoms with Gasteiger partial charge in [0.25, 0.3) is 0 Å². The number of rotatable bonds is 7. The molecule has 0 aromatic heterocycles. The van der Waals surface area contributed by atoms with Crippen molar-refractivity contribution in [1.82, 2.24) is 5.32 Å². The van der Waals surface area contributed by atoms with Gasteiger partial charge in [0.2, 0.25) is 0 Å². The van der Waals surface area contributed by atoms with Crippen molar-refractivity contribution < 1.29 is 0 Å². The van der Waals surface area contributed by atoms with Crippen molar-refractivity contribution in [1.29, 1.82) is 0 Å². The minimum absolute atomic E-state index is 0. The van der Waals surface area contributed by atoms with Crippen molar-refractivity contribution >= 4 is 12.4 Å². The Balaban J connectivity index is 0.00000196. The van der Waals surface area contributed by atoms with E-state index in [4.69, 9.17) is 0 Å². The first-order chi connectivity index (χ1) is 6.93.